The van der Waals surface area contributed by atoms with Gasteiger partial charge in [0.15, 0.2) is 0 Å². The number of nitrogens with zero attached hydrogens (tertiary/aromatic N) is 2. The Kier molecular flexibility index (Phi) is 5.37. The van der Waals surface area contributed by atoms with Crippen LogP contribution < -0.4 is 10.3 Å². The molecule has 0 fully saturated rings. The highest BCUT2D eigenvalue weighted by atomic mass is 32.1. The van der Waals surface area contributed by atoms with Crippen LogP contribution >= 0.6 is 11.3 Å². The zero-order valence-corrected chi connectivity index (χ0v) is 15.7. The van der Waals surface area contributed by atoms with Crippen LogP contribution in [0.5, 0.6) is 5.75 Å². The van der Waals surface area contributed by atoms with E-state index in [2.05, 4.69) is 4.98 Å². The van der Waals surface area contributed by atoms with Gasteiger partial charge in [0.25, 0.3) is 5.56 Å². The van der Waals surface area contributed by atoms with Crippen LogP contribution in [-0.4, -0.2) is 29.2 Å². The Balaban J connectivity index is 1.87. The lowest BCUT2D eigenvalue weighted by molar-refractivity contribution is -0.145. The Labute approximate surface area is 155 Å². The zero-order chi connectivity index (χ0) is 18.7. The predicted octanol–water partition coefficient (Wildman–Crippen LogP) is 3.33. The largest absolute Gasteiger partial charge is 0.497 e. The Hall–Kier alpha value is -2.67. The second kappa shape index (κ2) is 7.70. The van der Waals surface area contributed by atoms with Gasteiger partial charge in [0, 0.05) is 4.88 Å². The van der Waals surface area contributed by atoms with E-state index in [0.717, 1.165) is 16.2 Å². The third-order valence-electron chi connectivity index (χ3n) is 3.76. The summed E-state index contributed by atoms with van der Waals surface area (Å²) in [4.78, 5) is 29.8. The van der Waals surface area contributed by atoms with E-state index in [4.69, 9.17) is 9.47 Å². The van der Waals surface area contributed by atoms with Crippen molar-refractivity contribution in [1.29, 1.82) is 0 Å². The van der Waals surface area contributed by atoms with Crippen LogP contribution in [0.1, 0.15) is 13.8 Å². The molecule has 1 aromatic carbocycles. The molecule has 0 radical (unpaired) electrons. The first-order chi connectivity index (χ1) is 12.5. The number of carbonyl (C=O) groups is 1. The number of thiophene rings is 1. The quantitative estimate of drug-likeness (QED) is 0.621. The van der Waals surface area contributed by atoms with Crippen molar-refractivity contribution in [2.24, 2.45) is 5.92 Å². The first-order valence-corrected chi connectivity index (χ1v) is 9.08. The maximum Gasteiger partial charge on any atom is 0.326 e. The predicted molar refractivity (Wildman–Crippen MR) is 102 cm³/mol. The molecule has 0 saturated carbocycles. The Morgan fingerprint density at radius 1 is 1.27 bits per heavy atom. The third kappa shape index (κ3) is 3.94. The second-order valence-electron chi connectivity index (χ2n) is 6.31. The van der Waals surface area contributed by atoms with E-state index in [1.54, 1.807) is 7.11 Å². The van der Waals surface area contributed by atoms with E-state index in [1.165, 1.54) is 22.2 Å². The first-order valence-electron chi connectivity index (χ1n) is 8.27. The molecule has 6 nitrogen and oxygen atoms in total. The summed E-state index contributed by atoms with van der Waals surface area (Å²) in [6.07, 6.45) is 1.39. The van der Waals surface area contributed by atoms with Crippen molar-refractivity contribution in [1.82, 2.24) is 9.55 Å². The molecule has 0 N–H and O–H groups in total. The number of aromatic nitrogens is 2. The fraction of sp³-hybridized carbons (Fsp3) is 0.316. The lowest BCUT2D eigenvalue weighted by Crippen LogP contribution is -2.25. The first kappa shape index (κ1) is 18.1. The Bertz CT molecular complexity index is 973. The molecule has 0 saturated heterocycles. The number of hydrogen-bond donors (Lipinski definition) is 0. The van der Waals surface area contributed by atoms with E-state index in [-0.39, 0.29) is 18.0 Å². The fourth-order valence-corrected chi connectivity index (χ4v) is 3.46. The van der Waals surface area contributed by atoms with E-state index in [1.807, 2.05) is 44.2 Å². The van der Waals surface area contributed by atoms with Gasteiger partial charge in [-0.25, -0.2) is 4.98 Å². The molecular weight excluding hydrogens is 352 g/mol. The molecule has 7 heteroatoms. The Morgan fingerprint density at radius 2 is 2.00 bits per heavy atom. The van der Waals surface area contributed by atoms with Crippen molar-refractivity contribution in [2.45, 2.75) is 20.4 Å². The average Bonchev–Trinajstić information content (AvgIpc) is 3.07. The molecule has 0 aliphatic heterocycles. The molecule has 0 aliphatic carbocycles. The molecule has 3 rings (SSSR count). The standard InChI is InChI=1S/C19H20N2O4S/c1-12(2)10-25-17(22)9-21-11-20-15-8-16(26-18(15)19(21)23)13-4-6-14(24-3)7-5-13/h4-8,11-12H,9-10H2,1-3H3. The lowest BCUT2D eigenvalue weighted by Gasteiger charge is -2.08. The second-order valence-corrected chi connectivity index (χ2v) is 7.36. The molecule has 3 aromatic rings. The molecule has 0 spiro atoms. The van der Waals surface area contributed by atoms with Crippen LogP contribution in [0.15, 0.2) is 41.5 Å². The van der Waals surface area contributed by atoms with E-state index < -0.39 is 5.97 Å². The summed E-state index contributed by atoms with van der Waals surface area (Å²) < 4.78 is 12.1. The minimum absolute atomic E-state index is 0.135. The molecule has 0 aliphatic rings. The van der Waals surface area contributed by atoms with Gasteiger partial charge in [-0.2, -0.15) is 0 Å². The van der Waals surface area contributed by atoms with Gasteiger partial charge in [-0.15, -0.1) is 11.3 Å². The van der Waals surface area contributed by atoms with Crippen LogP contribution in [0.2, 0.25) is 0 Å². The van der Waals surface area contributed by atoms with Crippen molar-refractivity contribution in [3.63, 3.8) is 0 Å². The fourth-order valence-electron chi connectivity index (χ4n) is 2.40. The van der Waals surface area contributed by atoms with Crippen LogP contribution in [0.25, 0.3) is 20.7 Å². The van der Waals surface area contributed by atoms with Gasteiger partial charge in [0.05, 0.1) is 25.6 Å². The SMILES string of the molecule is COc1ccc(-c2cc3ncn(CC(=O)OCC(C)C)c(=O)c3s2)cc1. The van der Waals surface area contributed by atoms with Gasteiger partial charge in [-0.1, -0.05) is 13.8 Å². The van der Waals surface area contributed by atoms with Gasteiger partial charge >= 0.3 is 5.97 Å². The monoisotopic (exact) mass is 372 g/mol. The minimum Gasteiger partial charge on any atom is -0.497 e. The molecule has 136 valence electrons. The molecule has 2 aromatic heterocycles. The highest BCUT2D eigenvalue weighted by Gasteiger charge is 2.13. The molecule has 0 atom stereocenters. The van der Waals surface area contributed by atoms with Crippen molar-refractivity contribution >= 4 is 27.5 Å². The Morgan fingerprint density at radius 3 is 2.65 bits per heavy atom. The van der Waals surface area contributed by atoms with Crippen molar-refractivity contribution in [3.8, 4) is 16.2 Å². The number of fused-ring (bicyclic) bond motifs is 1. The zero-order valence-electron chi connectivity index (χ0n) is 14.9. The smallest absolute Gasteiger partial charge is 0.326 e. The molecule has 26 heavy (non-hydrogen) atoms. The summed E-state index contributed by atoms with van der Waals surface area (Å²) in [7, 11) is 1.62. The van der Waals surface area contributed by atoms with E-state index >= 15 is 0 Å². The van der Waals surface area contributed by atoms with Crippen LogP contribution in [0.3, 0.4) is 0 Å². The van der Waals surface area contributed by atoms with Gasteiger partial charge in [0.1, 0.15) is 17.0 Å². The average molecular weight is 372 g/mol. The normalized spacial score (nSPS) is 11.1. The lowest BCUT2D eigenvalue weighted by atomic mass is 10.2. The molecule has 0 bridgehead atoms. The summed E-state index contributed by atoms with van der Waals surface area (Å²) in [6.45, 7) is 4.12. The van der Waals surface area contributed by atoms with Crippen molar-refractivity contribution < 1.29 is 14.3 Å². The number of hydrogen-bond acceptors (Lipinski definition) is 6. The highest BCUT2D eigenvalue weighted by molar-refractivity contribution is 7.22. The molecule has 0 amide bonds. The number of rotatable bonds is 6. The third-order valence-corrected chi connectivity index (χ3v) is 4.92. The molecular formula is C19H20N2O4S. The topological polar surface area (TPSA) is 70.4 Å². The van der Waals surface area contributed by atoms with Gasteiger partial charge < -0.3 is 9.47 Å². The maximum absolute atomic E-state index is 12.7. The van der Waals surface area contributed by atoms with Gasteiger partial charge in [0.2, 0.25) is 0 Å². The van der Waals surface area contributed by atoms with E-state index in [0.29, 0.717) is 16.8 Å². The summed E-state index contributed by atoms with van der Waals surface area (Å²) in [6, 6.07) is 9.49. The van der Waals surface area contributed by atoms with Crippen molar-refractivity contribution in [3.05, 3.63) is 47.0 Å². The van der Waals surface area contributed by atoms with Gasteiger partial charge in [-0.05, 0) is 41.8 Å². The highest BCUT2D eigenvalue weighted by Crippen LogP contribution is 2.31. The number of esters is 1. The van der Waals surface area contributed by atoms with Gasteiger partial charge in [-0.3, -0.25) is 14.2 Å². The summed E-state index contributed by atoms with van der Waals surface area (Å²) in [5.74, 6) is 0.588. The van der Waals surface area contributed by atoms with Crippen LogP contribution in [0, 0.1) is 5.92 Å². The van der Waals surface area contributed by atoms with Crippen molar-refractivity contribution in [2.75, 3.05) is 13.7 Å². The summed E-state index contributed by atoms with van der Waals surface area (Å²) in [5.41, 5.74) is 1.37. The number of carbonyl (C=O) groups excluding carboxylic acids is 1. The molecule has 2 heterocycles. The molecule has 0 unspecified atom stereocenters. The van der Waals surface area contributed by atoms with E-state index in [9.17, 15) is 9.59 Å². The van der Waals surface area contributed by atoms with Crippen LogP contribution in [0.4, 0.5) is 0 Å². The number of benzene rings is 1. The number of ether oxygens (including phenoxy) is 2. The maximum atomic E-state index is 12.7. The number of methoxy groups -OCH3 is 1. The minimum atomic E-state index is -0.436. The van der Waals surface area contributed by atoms with Crippen LogP contribution in [-0.2, 0) is 16.1 Å². The summed E-state index contributed by atoms with van der Waals surface area (Å²) in [5, 5.41) is 0. The summed E-state index contributed by atoms with van der Waals surface area (Å²) >= 11 is 1.36.